The van der Waals surface area contributed by atoms with Gasteiger partial charge in [-0.3, -0.25) is 4.79 Å². The molecule has 1 aliphatic heterocycles. The lowest BCUT2D eigenvalue weighted by molar-refractivity contribution is 0.0637. The number of rotatable bonds is 7. The molecule has 2 N–H and O–H groups in total. The number of aromatic nitrogens is 3. The molecule has 0 atom stereocenters. The van der Waals surface area contributed by atoms with Crippen molar-refractivity contribution in [2.24, 2.45) is 0 Å². The Morgan fingerprint density at radius 1 is 1.26 bits per heavy atom. The molecule has 27 heavy (non-hydrogen) atoms. The van der Waals surface area contributed by atoms with Crippen molar-refractivity contribution in [1.29, 1.82) is 0 Å². The molecule has 10 heteroatoms. The first-order chi connectivity index (χ1) is 12.9. The Labute approximate surface area is 158 Å². The van der Waals surface area contributed by atoms with Crippen LogP contribution in [0.3, 0.4) is 0 Å². The fraction of sp³-hybridized carbons (Fsp3) is 0.471. The molecule has 1 aromatic carbocycles. The molecule has 0 saturated carbocycles. The van der Waals surface area contributed by atoms with Gasteiger partial charge in [-0.05, 0) is 24.0 Å². The summed E-state index contributed by atoms with van der Waals surface area (Å²) in [6.07, 6.45) is 4.20. The molecule has 1 aliphatic rings. The fourth-order valence-corrected chi connectivity index (χ4v) is 3.37. The Balaban J connectivity index is 1.60. The van der Waals surface area contributed by atoms with Crippen molar-refractivity contribution >= 4 is 15.9 Å². The first-order valence-electron chi connectivity index (χ1n) is 8.71. The van der Waals surface area contributed by atoms with E-state index in [0.29, 0.717) is 25.5 Å². The first-order valence-corrected chi connectivity index (χ1v) is 10.6. The average molecular weight is 393 g/mol. The van der Waals surface area contributed by atoms with E-state index >= 15 is 0 Å². The highest BCUT2D eigenvalue weighted by Crippen LogP contribution is 2.21. The molecular weight excluding hydrogens is 370 g/mol. The lowest BCUT2D eigenvalue weighted by atomic mass is 10.1. The van der Waals surface area contributed by atoms with Gasteiger partial charge in [-0.15, -0.1) is 5.10 Å². The SMILES string of the molecule is CS(=O)(=O)NCc1cccc(CNC(=O)c2cnnn2C2CCOCC2)c1. The van der Waals surface area contributed by atoms with Crippen LogP contribution in [-0.2, 0) is 27.8 Å². The second kappa shape index (κ2) is 8.59. The minimum Gasteiger partial charge on any atom is -0.381 e. The van der Waals surface area contributed by atoms with E-state index < -0.39 is 10.0 Å². The zero-order chi connectivity index (χ0) is 19.3. The molecule has 1 fully saturated rings. The number of sulfonamides is 1. The third kappa shape index (κ3) is 5.59. The van der Waals surface area contributed by atoms with E-state index in [1.165, 1.54) is 6.20 Å². The minimum atomic E-state index is -3.25. The highest BCUT2D eigenvalue weighted by Gasteiger charge is 2.22. The van der Waals surface area contributed by atoms with Crippen LogP contribution in [0, 0.1) is 0 Å². The summed E-state index contributed by atoms with van der Waals surface area (Å²) in [4.78, 5) is 12.5. The third-order valence-corrected chi connectivity index (χ3v) is 5.00. The van der Waals surface area contributed by atoms with Crippen LogP contribution < -0.4 is 10.0 Å². The number of ether oxygens (including phenoxy) is 1. The van der Waals surface area contributed by atoms with Gasteiger partial charge in [0, 0.05) is 26.3 Å². The molecular formula is C17H23N5O4S. The number of nitrogens with zero attached hydrogens (tertiary/aromatic N) is 3. The maximum Gasteiger partial charge on any atom is 0.271 e. The number of carbonyl (C=O) groups excluding carboxylic acids is 1. The second-order valence-corrected chi connectivity index (χ2v) is 8.34. The summed E-state index contributed by atoms with van der Waals surface area (Å²) in [6, 6.07) is 7.50. The lowest BCUT2D eigenvalue weighted by Crippen LogP contribution is -2.29. The number of amides is 1. The third-order valence-electron chi connectivity index (χ3n) is 4.33. The summed E-state index contributed by atoms with van der Waals surface area (Å²) < 4.78 is 31.9. The molecule has 0 unspecified atom stereocenters. The number of hydrogen-bond donors (Lipinski definition) is 2. The van der Waals surface area contributed by atoms with Crippen LogP contribution in [-0.4, -0.2) is 48.8 Å². The van der Waals surface area contributed by atoms with Crippen LogP contribution >= 0.6 is 0 Å². The maximum atomic E-state index is 12.5. The predicted molar refractivity (Wildman–Crippen MR) is 98.4 cm³/mol. The van der Waals surface area contributed by atoms with Gasteiger partial charge in [0.05, 0.1) is 18.5 Å². The van der Waals surface area contributed by atoms with Crippen LogP contribution in [0.25, 0.3) is 0 Å². The van der Waals surface area contributed by atoms with Gasteiger partial charge in [-0.25, -0.2) is 17.8 Å². The van der Waals surface area contributed by atoms with Gasteiger partial charge in [0.15, 0.2) is 0 Å². The second-order valence-electron chi connectivity index (χ2n) is 6.50. The van der Waals surface area contributed by atoms with Crippen molar-refractivity contribution in [3.63, 3.8) is 0 Å². The topological polar surface area (TPSA) is 115 Å². The molecule has 2 heterocycles. The van der Waals surface area contributed by atoms with Gasteiger partial charge in [0.1, 0.15) is 5.69 Å². The van der Waals surface area contributed by atoms with Crippen molar-refractivity contribution in [3.8, 4) is 0 Å². The van der Waals surface area contributed by atoms with Crippen LogP contribution in [0.1, 0.15) is 40.5 Å². The zero-order valence-corrected chi connectivity index (χ0v) is 15.9. The minimum absolute atomic E-state index is 0.118. The molecule has 2 aromatic rings. The summed E-state index contributed by atoms with van der Waals surface area (Å²) in [5.74, 6) is -0.244. The number of carbonyl (C=O) groups is 1. The van der Waals surface area contributed by atoms with Crippen molar-refractivity contribution in [1.82, 2.24) is 25.0 Å². The quantitative estimate of drug-likeness (QED) is 0.712. The normalized spacial score (nSPS) is 15.6. The first kappa shape index (κ1) is 19.5. The van der Waals surface area contributed by atoms with E-state index in [-0.39, 0.29) is 18.5 Å². The molecule has 1 aromatic heterocycles. The van der Waals surface area contributed by atoms with E-state index in [0.717, 1.165) is 30.2 Å². The Hall–Kier alpha value is -2.30. The van der Waals surface area contributed by atoms with Crippen molar-refractivity contribution in [2.45, 2.75) is 32.0 Å². The van der Waals surface area contributed by atoms with Gasteiger partial charge >= 0.3 is 0 Å². The highest BCUT2D eigenvalue weighted by atomic mass is 32.2. The summed E-state index contributed by atoms with van der Waals surface area (Å²) in [5, 5.41) is 10.8. The summed E-state index contributed by atoms with van der Waals surface area (Å²) in [7, 11) is -3.25. The zero-order valence-electron chi connectivity index (χ0n) is 15.1. The molecule has 3 rings (SSSR count). The Morgan fingerprint density at radius 3 is 2.67 bits per heavy atom. The molecule has 0 bridgehead atoms. The van der Waals surface area contributed by atoms with Crippen LogP contribution in [0.5, 0.6) is 0 Å². The van der Waals surface area contributed by atoms with Gasteiger partial charge < -0.3 is 10.1 Å². The standard InChI is InChI=1S/C17H23N5O4S/c1-27(24,25)20-11-14-4-2-3-13(9-14)10-18-17(23)16-12-19-21-22(16)15-5-7-26-8-6-15/h2-4,9,12,15,20H,5-8,10-11H2,1H3,(H,18,23). The van der Waals surface area contributed by atoms with Crippen molar-refractivity contribution in [3.05, 3.63) is 47.3 Å². The average Bonchev–Trinajstić information content (AvgIpc) is 3.15. The molecule has 9 nitrogen and oxygen atoms in total. The predicted octanol–water partition coefficient (Wildman–Crippen LogP) is 0.609. The van der Waals surface area contributed by atoms with Gasteiger partial charge in [-0.2, -0.15) is 0 Å². The summed E-state index contributed by atoms with van der Waals surface area (Å²) in [6.45, 7) is 1.84. The number of nitrogens with one attached hydrogen (secondary N) is 2. The van der Waals surface area contributed by atoms with Crippen LogP contribution in [0.15, 0.2) is 30.5 Å². The number of hydrogen-bond acceptors (Lipinski definition) is 6. The van der Waals surface area contributed by atoms with E-state index in [4.69, 9.17) is 4.74 Å². The molecule has 0 radical (unpaired) electrons. The Morgan fingerprint density at radius 2 is 1.96 bits per heavy atom. The highest BCUT2D eigenvalue weighted by molar-refractivity contribution is 7.88. The van der Waals surface area contributed by atoms with E-state index in [9.17, 15) is 13.2 Å². The molecule has 0 aliphatic carbocycles. The van der Waals surface area contributed by atoms with Crippen molar-refractivity contribution < 1.29 is 17.9 Å². The monoisotopic (exact) mass is 393 g/mol. The smallest absolute Gasteiger partial charge is 0.271 e. The lowest BCUT2D eigenvalue weighted by Gasteiger charge is -2.23. The largest absolute Gasteiger partial charge is 0.381 e. The van der Waals surface area contributed by atoms with Gasteiger partial charge in [0.25, 0.3) is 5.91 Å². The number of benzene rings is 1. The van der Waals surface area contributed by atoms with Crippen LogP contribution in [0.4, 0.5) is 0 Å². The summed E-state index contributed by atoms with van der Waals surface area (Å²) in [5.41, 5.74) is 2.12. The Kier molecular flexibility index (Phi) is 6.19. The molecule has 0 spiro atoms. The van der Waals surface area contributed by atoms with E-state index in [1.807, 2.05) is 24.3 Å². The Bertz CT molecular complexity index is 890. The molecule has 1 saturated heterocycles. The summed E-state index contributed by atoms with van der Waals surface area (Å²) >= 11 is 0. The maximum absolute atomic E-state index is 12.5. The van der Waals surface area contributed by atoms with Gasteiger partial charge in [-0.1, -0.05) is 29.5 Å². The van der Waals surface area contributed by atoms with E-state index in [1.54, 1.807) is 4.68 Å². The van der Waals surface area contributed by atoms with Gasteiger partial charge in [0.2, 0.25) is 10.0 Å². The van der Waals surface area contributed by atoms with E-state index in [2.05, 4.69) is 20.4 Å². The fourth-order valence-electron chi connectivity index (χ4n) is 2.94. The van der Waals surface area contributed by atoms with Crippen LogP contribution in [0.2, 0.25) is 0 Å². The molecule has 1 amide bonds. The van der Waals surface area contributed by atoms with Crippen molar-refractivity contribution in [2.75, 3.05) is 19.5 Å². The molecule has 146 valence electrons.